The van der Waals surface area contributed by atoms with Crippen molar-refractivity contribution < 1.29 is 5.11 Å². The van der Waals surface area contributed by atoms with E-state index in [1.54, 1.807) is 0 Å². The molecule has 0 amide bonds. The van der Waals surface area contributed by atoms with Crippen LogP contribution in [0, 0.1) is 11.3 Å². The molecular weight excluding hydrogens is 112 g/mol. The van der Waals surface area contributed by atoms with Crippen LogP contribution in [0.1, 0.15) is 33.6 Å². The molecule has 0 bridgehead atoms. The van der Waals surface area contributed by atoms with Crippen LogP contribution in [0.15, 0.2) is 0 Å². The van der Waals surface area contributed by atoms with Gasteiger partial charge in [-0.2, -0.15) is 0 Å². The van der Waals surface area contributed by atoms with Gasteiger partial charge in [-0.3, -0.25) is 0 Å². The van der Waals surface area contributed by atoms with Gasteiger partial charge in [-0.25, -0.2) is 0 Å². The van der Waals surface area contributed by atoms with E-state index >= 15 is 0 Å². The van der Waals surface area contributed by atoms with Crippen LogP contribution in [0.3, 0.4) is 0 Å². The molecular formula is C8H16O. The quantitative estimate of drug-likeness (QED) is 0.601. The molecule has 54 valence electrons. The molecule has 1 aliphatic carbocycles. The lowest BCUT2D eigenvalue weighted by molar-refractivity contribution is 0.0954. The van der Waals surface area contributed by atoms with Crippen molar-refractivity contribution >= 4 is 0 Å². The minimum absolute atomic E-state index is 0.127. The van der Waals surface area contributed by atoms with Crippen molar-refractivity contribution in [3.8, 4) is 0 Å². The van der Waals surface area contributed by atoms with E-state index in [0.29, 0.717) is 11.3 Å². The lowest BCUT2D eigenvalue weighted by Crippen LogP contribution is -2.21. The van der Waals surface area contributed by atoms with Crippen LogP contribution >= 0.6 is 0 Å². The highest BCUT2D eigenvalue weighted by Crippen LogP contribution is 2.52. The highest BCUT2D eigenvalue weighted by Gasteiger charge is 2.43. The minimum Gasteiger partial charge on any atom is -0.393 e. The van der Waals surface area contributed by atoms with Gasteiger partial charge in [0, 0.05) is 0 Å². The van der Waals surface area contributed by atoms with Crippen LogP contribution in [0.4, 0.5) is 0 Å². The Kier molecular flexibility index (Phi) is 1.55. The number of hydrogen-bond donors (Lipinski definition) is 1. The van der Waals surface area contributed by atoms with Gasteiger partial charge in [0.05, 0.1) is 6.10 Å². The van der Waals surface area contributed by atoms with E-state index < -0.39 is 0 Å². The SMILES string of the molecule is CC(O)C(C)C1(C)CC1. The number of aliphatic hydroxyl groups is 1. The highest BCUT2D eigenvalue weighted by molar-refractivity contribution is 4.94. The predicted octanol–water partition coefficient (Wildman–Crippen LogP) is 1.80. The number of rotatable bonds is 2. The summed E-state index contributed by atoms with van der Waals surface area (Å²) in [5.74, 6) is 0.484. The molecule has 2 unspecified atom stereocenters. The molecule has 1 aliphatic rings. The van der Waals surface area contributed by atoms with Crippen LogP contribution in [0.2, 0.25) is 0 Å². The molecule has 1 nitrogen and oxygen atoms in total. The Bertz CT molecular complexity index is 103. The molecule has 0 aromatic heterocycles. The third-order valence-corrected chi connectivity index (χ3v) is 2.86. The molecule has 0 aromatic carbocycles. The Balaban J connectivity index is 2.42. The van der Waals surface area contributed by atoms with E-state index in [4.69, 9.17) is 0 Å². The van der Waals surface area contributed by atoms with E-state index in [0.717, 1.165) is 0 Å². The molecule has 0 saturated heterocycles. The Morgan fingerprint density at radius 1 is 1.33 bits per heavy atom. The van der Waals surface area contributed by atoms with Crippen LogP contribution in [0.25, 0.3) is 0 Å². The summed E-state index contributed by atoms with van der Waals surface area (Å²) in [6.45, 7) is 6.27. The summed E-state index contributed by atoms with van der Waals surface area (Å²) in [6, 6.07) is 0. The zero-order chi connectivity index (χ0) is 7.07. The van der Waals surface area contributed by atoms with Crippen molar-refractivity contribution in [3.63, 3.8) is 0 Å². The van der Waals surface area contributed by atoms with E-state index in [1.807, 2.05) is 6.92 Å². The predicted molar refractivity (Wildman–Crippen MR) is 38.2 cm³/mol. The third kappa shape index (κ3) is 1.26. The molecule has 2 atom stereocenters. The maximum Gasteiger partial charge on any atom is 0.0542 e. The third-order valence-electron chi connectivity index (χ3n) is 2.86. The largest absolute Gasteiger partial charge is 0.393 e. The molecule has 0 radical (unpaired) electrons. The summed E-state index contributed by atoms with van der Waals surface area (Å²) in [5.41, 5.74) is 0.480. The van der Waals surface area contributed by atoms with E-state index in [9.17, 15) is 5.11 Å². The Morgan fingerprint density at radius 3 is 1.89 bits per heavy atom. The van der Waals surface area contributed by atoms with Gasteiger partial charge in [0.1, 0.15) is 0 Å². The second-order valence-corrected chi connectivity index (χ2v) is 3.68. The van der Waals surface area contributed by atoms with Crippen molar-refractivity contribution in [2.24, 2.45) is 11.3 Å². The van der Waals surface area contributed by atoms with Crippen LogP contribution in [-0.2, 0) is 0 Å². The Hall–Kier alpha value is -0.0400. The van der Waals surface area contributed by atoms with Gasteiger partial charge in [-0.05, 0) is 31.1 Å². The van der Waals surface area contributed by atoms with Gasteiger partial charge in [-0.15, -0.1) is 0 Å². The van der Waals surface area contributed by atoms with E-state index in [1.165, 1.54) is 12.8 Å². The van der Waals surface area contributed by atoms with Crippen molar-refractivity contribution in [1.29, 1.82) is 0 Å². The molecule has 1 rings (SSSR count). The van der Waals surface area contributed by atoms with Crippen molar-refractivity contribution in [1.82, 2.24) is 0 Å². The first-order valence-corrected chi connectivity index (χ1v) is 3.74. The van der Waals surface area contributed by atoms with E-state index in [-0.39, 0.29) is 6.10 Å². The second kappa shape index (κ2) is 1.98. The van der Waals surface area contributed by atoms with Crippen molar-refractivity contribution in [2.45, 2.75) is 39.7 Å². The van der Waals surface area contributed by atoms with Gasteiger partial charge in [0.2, 0.25) is 0 Å². The maximum atomic E-state index is 9.20. The number of aliphatic hydroxyl groups excluding tert-OH is 1. The fourth-order valence-corrected chi connectivity index (χ4v) is 1.23. The van der Waals surface area contributed by atoms with Gasteiger partial charge in [0.15, 0.2) is 0 Å². The smallest absolute Gasteiger partial charge is 0.0542 e. The van der Waals surface area contributed by atoms with Crippen LogP contribution in [0.5, 0.6) is 0 Å². The topological polar surface area (TPSA) is 20.2 Å². The molecule has 0 heterocycles. The molecule has 9 heavy (non-hydrogen) atoms. The molecule has 1 heteroatoms. The summed E-state index contributed by atoms with van der Waals surface area (Å²) in [6.07, 6.45) is 2.48. The minimum atomic E-state index is -0.127. The van der Waals surface area contributed by atoms with Crippen LogP contribution in [-0.4, -0.2) is 11.2 Å². The molecule has 1 fully saturated rings. The average molecular weight is 128 g/mol. The van der Waals surface area contributed by atoms with Gasteiger partial charge in [-0.1, -0.05) is 13.8 Å². The molecule has 0 aliphatic heterocycles. The Labute approximate surface area is 57.1 Å². The standard InChI is InChI=1S/C8H16O/c1-6(7(2)9)8(3)4-5-8/h6-7,9H,4-5H2,1-3H3. The molecule has 0 aromatic rings. The summed E-state index contributed by atoms with van der Waals surface area (Å²) in [7, 11) is 0. The normalized spacial score (nSPS) is 29.3. The van der Waals surface area contributed by atoms with Crippen molar-refractivity contribution in [2.75, 3.05) is 0 Å². The first-order valence-electron chi connectivity index (χ1n) is 3.74. The monoisotopic (exact) mass is 128 g/mol. The molecule has 0 spiro atoms. The molecule has 1 N–H and O–H groups in total. The molecule has 1 saturated carbocycles. The van der Waals surface area contributed by atoms with Crippen LogP contribution < -0.4 is 0 Å². The van der Waals surface area contributed by atoms with Gasteiger partial charge >= 0.3 is 0 Å². The second-order valence-electron chi connectivity index (χ2n) is 3.68. The van der Waals surface area contributed by atoms with Gasteiger partial charge in [0.25, 0.3) is 0 Å². The lowest BCUT2D eigenvalue weighted by Gasteiger charge is -2.20. The maximum absolute atomic E-state index is 9.20. The average Bonchev–Trinajstić information content (AvgIpc) is 2.47. The van der Waals surface area contributed by atoms with E-state index in [2.05, 4.69) is 13.8 Å². The first-order chi connectivity index (χ1) is 4.06. The summed E-state index contributed by atoms with van der Waals surface area (Å²) in [5, 5.41) is 9.20. The number of hydrogen-bond acceptors (Lipinski definition) is 1. The van der Waals surface area contributed by atoms with Crippen molar-refractivity contribution in [3.05, 3.63) is 0 Å². The summed E-state index contributed by atoms with van der Waals surface area (Å²) >= 11 is 0. The Morgan fingerprint density at radius 2 is 1.78 bits per heavy atom. The van der Waals surface area contributed by atoms with Gasteiger partial charge < -0.3 is 5.11 Å². The fourth-order valence-electron chi connectivity index (χ4n) is 1.23. The first kappa shape index (κ1) is 7.07. The lowest BCUT2D eigenvalue weighted by atomic mass is 9.89. The fraction of sp³-hybridized carbons (Fsp3) is 1.00. The zero-order valence-electron chi connectivity index (χ0n) is 6.52. The summed E-state index contributed by atoms with van der Waals surface area (Å²) < 4.78 is 0. The highest BCUT2D eigenvalue weighted by atomic mass is 16.3. The summed E-state index contributed by atoms with van der Waals surface area (Å²) in [4.78, 5) is 0. The zero-order valence-corrected chi connectivity index (χ0v) is 6.52.